The molecule has 5 rings (SSSR count). The maximum absolute atomic E-state index is 11.1. The van der Waals surface area contributed by atoms with Gasteiger partial charge in [-0.1, -0.05) is 18.2 Å². The zero-order chi connectivity index (χ0) is 27.1. The van der Waals surface area contributed by atoms with E-state index in [0.29, 0.717) is 33.4 Å². The van der Waals surface area contributed by atoms with Gasteiger partial charge in [0.1, 0.15) is 23.0 Å². The number of hydrogen-bond donors (Lipinski definition) is 6. The van der Waals surface area contributed by atoms with Gasteiger partial charge in [-0.05, 0) is 70.3 Å². The lowest BCUT2D eigenvalue weighted by molar-refractivity contribution is 0.372. The summed E-state index contributed by atoms with van der Waals surface area (Å²) in [4.78, 5) is 0. The van der Waals surface area contributed by atoms with Crippen LogP contribution in [-0.2, 0) is 0 Å². The fourth-order valence-corrected chi connectivity index (χ4v) is 5.25. The molecule has 0 saturated heterocycles. The van der Waals surface area contributed by atoms with Crippen LogP contribution in [0.15, 0.2) is 66.7 Å². The summed E-state index contributed by atoms with van der Waals surface area (Å²) in [6.07, 6.45) is 1.84. The highest BCUT2D eigenvalue weighted by molar-refractivity contribution is 5.93. The summed E-state index contributed by atoms with van der Waals surface area (Å²) >= 11 is 0. The number of fused-ring (bicyclic) bond motifs is 1. The van der Waals surface area contributed by atoms with Gasteiger partial charge in [-0.3, -0.25) is 0 Å². The molecule has 0 aliphatic heterocycles. The molecule has 0 aromatic heterocycles. The first-order chi connectivity index (χ1) is 18.2. The number of rotatable bonds is 5. The molecular weight excluding hydrogens is 488 g/mol. The summed E-state index contributed by atoms with van der Waals surface area (Å²) in [6.45, 7) is 0. The van der Waals surface area contributed by atoms with Crippen molar-refractivity contribution in [3.8, 4) is 46.0 Å². The van der Waals surface area contributed by atoms with Gasteiger partial charge in [0, 0.05) is 29.5 Å². The van der Waals surface area contributed by atoms with E-state index < -0.39 is 11.8 Å². The molecule has 8 heteroatoms. The molecular formula is C30H26O8. The van der Waals surface area contributed by atoms with E-state index in [1.807, 2.05) is 6.08 Å². The van der Waals surface area contributed by atoms with Crippen LogP contribution in [0.2, 0.25) is 0 Å². The minimum atomic E-state index is -0.565. The van der Waals surface area contributed by atoms with Crippen molar-refractivity contribution in [2.75, 3.05) is 14.2 Å². The second kappa shape index (κ2) is 9.48. The average molecular weight is 515 g/mol. The van der Waals surface area contributed by atoms with E-state index in [1.54, 1.807) is 30.3 Å². The molecule has 0 fully saturated rings. The van der Waals surface area contributed by atoms with E-state index in [0.717, 1.165) is 0 Å². The van der Waals surface area contributed by atoms with E-state index >= 15 is 0 Å². The number of phenols is 6. The molecule has 4 aromatic rings. The van der Waals surface area contributed by atoms with E-state index in [2.05, 4.69) is 0 Å². The highest BCUT2D eigenvalue weighted by atomic mass is 16.5. The fraction of sp³-hybridized carbons (Fsp3) is 0.133. The van der Waals surface area contributed by atoms with Gasteiger partial charge >= 0.3 is 0 Å². The van der Waals surface area contributed by atoms with Gasteiger partial charge in [0.25, 0.3) is 0 Å². The molecule has 38 heavy (non-hydrogen) atoms. The van der Waals surface area contributed by atoms with E-state index in [9.17, 15) is 30.6 Å². The average Bonchev–Trinajstić information content (AvgIpc) is 3.19. The Kier molecular flexibility index (Phi) is 6.16. The maximum Gasteiger partial charge on any atom is 0.161 e. The van der Waals surface area contributed by atoms with Crippen LogP contribution < -0.4 is 9.47 Å². The van der Waals surface area contributed by atoms with Gasteiger partial charge in [-0.25, -0.2) is 0 Å². The van der Waals surface area contributed by atoms with Crippen molar-refractivity contribution in [1.29, 1.82) is 0 Å². The highest BCUT2D eigenvalue weighted by Crippen LogP contribution is 2.59. The van der Waals surface area contributed by atoms with Crippen molar-refractivity contribution < 1.29 is 40.1 Å². The fourth-order valence-electron chi connectivity index (χ4n) is 5.25. The van der Waals surface area contributed by atoms with Crippen molar-refractivity contribution in [3.05, 3.63) is 94.5 Å². The third-order valence-electron chi connectivity index (χ3n) is 6.81. The molecule has 0 radical (unpaired) electrons. The van der Waals surface area contributed by atoms with Crippen LogP contribution in [0.3, 0.4) is 0 Å². The molecule has 0 bridgehead atoms. The zero-order valence-corrected chi connectivity index (χ0v) is 20.6. The van der Waals surface area contributed by atoms with Crippen LogP contribution in [0.4, 0.5) is 0 Å². The SMILES string of the molecule is COc1cc(/C=C2\c3cc(O)cc(O)c3[C@@H](c3ccc(O)c(OC)c3)[C@@H]2c2cc(O)cc(O)c2)ccc1O. The molecule has 4 aromatic carbocycles. The van der Waals surface area contributed by atoms with Gasteiger partial charge in [0.05, 0.1) is 14.2 Å². The van der Waals surface area contributed by atoms with E-state index in [-0.39, 0.29) is 46.0 Å². The summed E-state index contributed by atoms with van der Waals surface area (Å²) in [7, 11) is 2.88. The first kappa shape index (κ1) is 24.7. The molecule has 2 atom stereocenters. The van der Waals surface area contributed by atoms with Gasteiger partial charge in [-0.15, -0.1) is 0 Å². The Morgan fingerprint density at radius 3 is 1.84 bits per heavy atom. The van der Waals surface area contributed by atoms with Gasteiger partial charge in [0.2, 0.25) is 0 Å². The second-order valence-electron chi connectivity index (χ2n) is 9.13. The third kappa shape index (κ3) is 4.26. The topological polar surface area (TPSA) is 140 Å². The second-order valence-corrected chi connectivity index (χ2v) is 9.13. The summed E-state index contributed by atoms with van der Waals surface area (Å²) in [5.41, 5.74) is 3.63. The van der Waals surface area contributed by atoms with Crippen LogP contribution >= 0.6 is 0 Å². The lowest BCUT2D eigenvalue weighted by Crippen LogP contribution is -2.08. The van der Waals surface area contributed by atoms with Crippen molar-refractivity contribution in [2.45, 2.75) is 11.8 Å². The van der Waals surface area contributed by atoms with Crippen molar-refractivity contribution >= 4 is 11.6 Å². The van der Waals surface area contributed by atoms with Crippen LogP contribution in [-0.4, -0.2) is 44.9 Å². The molecule has 1 aliphatic rings. The standard InChI is InChI=1S/C30H26O8/c1-37-26-8-15(3-5-23(26)34)7-21-22-13-20(33)14-25(36)30(22)29(16-4-6-24(35)27(11-16)38-2)28(21)17-9-18(31)12-19(32)10-17/h3-14,28-29,31-36H,1-2H3/b21-7+/t28-,29+/m1/s1. The summed E-state index contributed by atoms with van der Waals surface area (Å²) in [6, 6.07) is 16.8. The Labute approximate surface area is 218 Å². The Balaban J connectivity index is 1.84. The van der Waals surface area contributed by atoms with Crippen LogP contribution in [0.25, 0.3) is 11.6 Å². The number of benzene rings is 4. The van der Waals surface area contributed by atoms with E-state index in [4.69, 9.17) is 9.47 Å². The Morgan fingerprint density at radius 1 is 0.579 bits per heavy atom. The largest absolute Gasteiger partial charge is 0.508 e. The van der Waals surface area contributed by atoms with Gasteiger partial charge < -0.3 is 40.1 Å². The summed E-state index contributed by atoms with van der Waals surface area (Å²) in [5, 5.41) is 62.5. The normalized spacial score (nSPS) is 17.4. The van der Waals surface area contributed by atoms with Gasteiger partial charge in [-0.2, -0.15) is 0 Å². The zero-order valence-electron chi connectivity index (χ0n) is 20.6. The molecule has 6 N–H and O–H groups in total. The molecule has 0 saturated carbocycles. The number of phenolic OH excluding ortho intramolecular Hbond substituents is 6. The molecule has 1 aliphatic carbocycles. The van der Waals surface area contributed by atoms with Crippen LogP contribution in [0.5, 0.6) is 46.0 Å². The minimum Gasteiger partial charge on any atom is -0.508 e. The molecule has 0 amide bonds. The Hall–Kier alpha value is -4.98. The molecule has 8 nitrogen and oxygen atoms in total. The first-order valence-electron chi connectivity index (χ1n) is 11.7. The Bertz CT molecular complexity index is 1550. The predicted octanol–water partition coefficient (Wildman–Crippen LogP) is 5.41. The predicted molar refractivity (Wildman–Crippen MR) is 141 cm³/mol. The summed E-state index contributed by atoms with van der Waals surface area (Å²) in [5.74, 6) is -1.27. The molecule has 194 valence electrons. The lowest BCUT2D eigenvalue weighted by Gasteiger charge is -2.24. The molecule has 0 spiro atoms. The first-order valence-corrected chi connectivity index (χ1v) is 11.7. The van der Waals surface area contributed by atoms with Gasteiger partial charge in [0.15, 0.2) is 23.0 Å². The molecule has 0 heterocycles. The van der Waals surface area contributed by atoms with Crippen LogP contribution in [0, 0.1) is 0 Å². The highest BCUT2D eigenvalue weighted by Gasteiger charge is 2.41. The smallest absolute Gasteiger partial charge is 0.161 e. The van der Waals surface area contributed by atoms with E-state index in [1.165, 1.54) is 50.6 Å². The van der Waals surface area contributed by atoms with Crippen LogP contribution in [0.1, 0.15) is 39.7 Å². The monoisotopic (exact) mass is 514 g/mol. The molecule has 0 unspecified atom stereocenters. The van der Waals surface area contributed by atoms with Crippen molar-refractivity contribution in [3.63, 3.8) is 0 Å². The van der Waals surface area contributed by atoms with Crippen molar-refractivity contribution in [1.82, 2.24) is 0 Å². The number of aromatic hydroxyl groups is 6. The number of hydrogen-bond acceptors (Lipinski definition) is 8. The van der Waals surface area contributed by atoms with Crippen molar-refractivity contribution in [2.24, 2.45) is 0 Å². The lowest BCUT2D eigenvalue weighted by atomic mass is 9.79. The summed E-state index contributed by atoms with van der Waals surface area (Å²) < 4.78 is 10.6. The quantitative estimate of drug-likeness (QED) is 0.208. The third-order valence-corrected chi connectivity index (χ3v) is 6.81. The number of ether oxygens (including phenoxy) is 2. The Morgan fingerprint density at radius 2 is 1.18 bits per heavy atom. The maximum atomic E-state index is 11.1. The number of methoxy groups -OCH3 is 2. The minimum absolute atomic E-state index is 0.0275. The number of allylic oxidation sites excluding steroid dienone is 1.